The van der Waals surface area contributed by atoms with Crippen LogP contribution in [0.15, 0.2) is 23.2 Å². The lowest BCUT2D eigenvalue weighted by Crippen LogP contribution is -2.22. The molecule has 1 rings (SSSR count). The van der Waals surface area contributed by atoms with Gasteiger partial charge in [0.05, 0.1) is 13.7 Å². The Balaban J connectivity index is 0.00000289. The molecule has 0 radical (unpaired) electrons. The average molecular weight is 373 g/mol. The van der Waals surface area contributed by atoms with E-state index in [4.69, 9.17) is 16.2 Å². The second kappa shape index (κ2) is 7.90. The third-order valence-electron chi connectivity index (χ3n) is 1.89. The number of alkyl halides is 2. The Bertz CT molecular complexity index is 412. The fourth-order valence-corrected chi connectivity index (χ4v) is 1.19. The van der Waals surface area contributed by atoms with Crippen molar-refractivity contribution in [1.82, 2.24) is 0 Å². The minimum absolute atomic E-state index is 0. The molecule has 0 amide bonds. The van der Waals surface area contributed by atoms with Crippen molar-refractivity contribution in [3.8, 4) is 11.5 Å². The number of methoxy groups -OCH3 is 1. The Kier molecular flexibility index (Phi) is 7.32. The molecule has 0 aliphatic carbocycles. The van der Waals surface area contributed by atoms with Crippen LogP contribution in [0.25, 0.3) is 0 Å². The van der Waals surface area contributed by atoms with Crippen LogP contribution in [0.1, 0.15) is 5.56 Å². The van der Waals surface area contributed by atoms with Gasteiger partial charge in [0.1, 0.15) is 0 Å². The van der Waals surface area contributed by atoms with Gasteiger partial charge in [0.2, 0.25) is 0 Å². The topological polar surface area (TPSA) is 82.9 Å². The zero-order valence-electron chi connectivity index (χ0n) is 9.60. The third-order valence-corrected chi connectivity index (χ3v) is 1.89. The van der Waals surface area contributed by atoms with E-state index in [1.807, 2.05) is 0 Å². The number of guanidine groups is 1. The van der Waals surface area contributed by atoms with Gasteiger partial charge in [-0.15, -0.1) is 24.0 Å². The van der Waals surface area contributed by atoms with E-state index in [1.165, 1.54) is 19.2 Å². The standard InChI is InChI=1S/C10H13F2N3O2.HI/c1-16-7-3-2-6(5-15-10(13)14)4-8(7)17-9(11)12;/h2-4,9H,5H2,1H3,(H4,13,14,15);1H. The highest BCUT2D eigenvalue weighted by molar-refractivity contribution is 14.0. The van der Waals surface area contributed by atoms with E-state index in [0.29, 0.717) is 5.56 Å². The highest BCUT2D eigenvalue weighted by atomic mass is 127. The number of hydrogen-bond donors (Lipinski definition) is 2. The van der Waals surface area contributed by atoms with Gasteiger partial charge in [-0.2, -0.15) is 8.78 Å². The van der Waals surface area contributed by atoms with Crippen molar-refractivity contribution in [2.24, 2.45) is 16.5 Å². The predicted molar refractivity (Wildman–Crippen MR) is 74.6 cm³/mol. The molecule has 0 aromatic heterocycles. The summed E-state index contributed by atoms with van der Waals surface area (Å²) in [4.78, 5) is 3.76. The molecule has 0 atom stereocenters. The number of aliphatic imine (C=N–C) groups is 1. The molecule has 8 heteroatoms. The van der Waals surface area contributed by atoms with Gasteiger partial charge < -0.3 is 20.9 Å². The average Bonchev–Trinajstić information content (AvgIpc) is 2.25. The fraction of sp³-hybridized carbons (Fsp3) is 0.300. The fourth-order valence-electron chi connectivity index (χ4n) is 1.19. The summed E-state index contributed by atoms with van der Waals surface area (Å²) in [5.41, 5.74) is 11.0. The van der Waals surface area contributed by atoms with Crippen molar-refractivity contribution < 1.29 is 18.3 Å². The van der Waals surface area contributed by atoms with Crippen molar-refractivity contribution in [1.29, 1.82) is 0 Å². The van der Waals surface area contributed by atoms with Crippen LogP contribution >= 0.6 is 24.0 Å². The summed E-state index contributed by atoms with van der Waals surface area (Å²) in [7, 11) is 1.36. The summed E-state index contributed by atoms with van der Waals surface area (Å²) in [5.74, 6) is 0.0988. The van der Waals surface area contributed by atoms with E-state index in [9.17, 15) is 8.78 Å². The van der Waals surface area contributed by atoms with E-state index in [1.54, 1.807) is 6.07 Å². The van der Waals surface area contributed by atoms with Gasteiger partial charge in [-0.05, 0) is 17.7 Å². The van der Waals surface area contributed by atoms with E-state index in [0.717, 1.165) is 0 Å². The molecular formula is C10H14F2IN3O2. The first kappa shape index (κ1) is 16.7. The summed E-state index contributed by atoms with van der Waals surface area (Å²) in [6.07, 6.45) is 0. The van der Waals surface area contributed by atoms with E-state index in [2.05, 4.69) is 9.73 Å². The van der Waals surface area contributed by atoms with Crippen LogP contribution in [0.4, 0.5) is 8.78 Å². The highest BCUT2D eigenvalue weighted by Gasteiger charge is 2.10. The van der Waals surface area contributed by atoms with Crippen LogP contribution in [-0.2, 0) is 6.54 Å². The van der Waals surface area contributed by atoms with E-state index >= 15 is 0 Å². The van der Waals surface area contributed by atoms with Crippen molar-refractivity contribution in [3.05, 3.63) is 23.8 Å². The second-order valence-corrected chi connectivity index (χ2v) is 3.10. The molecule has 0 spiro atoms. The van der Waals surface area contributed by atoms with Gasteiger partial charge in [-0.25, -0.2) is 4.99 Å². The maximum absolute atomic E-state index is 12.1. The van der Waals surface area contributed by atoms with Crippen LogP contribution in [0.2, 0.25) is 0 Å². The van der Waals surface area contributed by atoms with E-state index in [-0.39, 0.29) is 48.0 Å². The first-order chi connectivity index (χ1) is 8.02. The zero-order valence-corrected chi connectivity index (χ0v) is 11.9. The highest BCUT2D eigenvalue weighted by Crippen LogP contribution is 2.29. The monoisotopic (exact) mass is 373 g/mol. The largest absolute Gasteiger partial charge is 0.493 e. The molecule has 0 heterocycles. The number of nitrogens with zero attached hydrogens (tertiary/aromatic N) is 1. The zero-order chi connectivity index (χ0) is 12.8. The molecule has 0 unspecified atom stereocenters. The molecule has 1 aromatic rings. The molecule has 4 N–H and O–H groups in total. The lowest BCUT2D eigenvalue weighted by atomic mass is 10.2. The van der Waals surface area contributed by atoms with Crippen molar-refractivity contribution >= 4 is 29.9 Å². The maximum atomic E-state index is 12.1. The van der Waals surface area contributed by atoms with Gasteiger partial charge in [0.15, 0.2) is 17.5 Å². The number of nitrogens with two attached hydrogens (primary N) is 2. The summed E-state index contributed by atoms with van der Waals surface area (Å²) < 4.78 is 33.5. The molecule has 0 saturated heterocycles. The Morgan fingerprint density at radius 2 is 2.00 bits per heavy atom. The number of rotatable bonds is 5. The number of ether oxygens (including phenoxy) is 2. The SMILES string of the molecule is COc1ccc(CN=C(N)N)cc1OC(F)F.I. The molecule has 0 aliphatic heterocycles. The van der Waals surface area contributed by atoms with Crippen LogP contribution < -0.4 is 20.9 Å². The van der Waals surface area contributed by atoms with Crippen LogP contribution in [0, 0.1) is 0 Å². The van der Waals surface area contributed by atoms with Gasteiger partial charge in [-0.3, -0.25) is 0 Å². The summed E-state index contributed by atoms with van der Waals surface area (Å²) in [6.45, 7) is -2.73. The van der Waals surface area contributed by atoms with Gasteiger partial charge in [-0.1, -0.05) is 6.07 Å². The molecule has 5 nitrogen and oxygen atoms in total. The normalized spacial score (nSPS) is 9.56. The van der Waals surface area contributed by atoms with Crippen LogP contribution in [0.5, 0.6) is 11.5 Å². The van der Waals surface area contributed by atoms with E-state index < -0.39 is 6.61 Å². The van der Waals surface area contributed by atoms with Crippen LogP contribution in [0.3, 0.4) is 0 Å². The summed E-state index contributed by atoms with van der Waals surface area (Å²) >= 11 is 0. The van der Waals surface area contributed by atoms with Crippen molar-refractivity contribution in [2.75, 3.05) is 7.11 Å². The molecule has 102 valence electrons. The quantitative estimate of drug-likeness (QED) is 0.468. The molecule has 0 bridgehead atoms. The minimum atomic E-state index is -2.91. The molecule has 0 fully saturated rings. The molecule has 18 heavy (non-hydrogen) atoms. The maximum Gasteiger partial charge on any atom is 0.387 e. The number of benzene rings is 1. The first-order valence-corrected chi connectivity index (χ1v) is 4.70. The minimum Gasteiger partial charge on any atom is -0.493 e. The van der Waals surface area contributed by atoms with Gasteiger partial charge in [0, 0.05) is 0 Å². The summed E-state index contributed by atoms with van der Waals surface area (Å²) in [5, 5.41) is 0. The molecule has 0 aliphatic rings. The lowest BCUT2D eigenvalue weighted by molar-refractivity contribution is -0.0512. The van der Waals surface area contributed by atoms with Gasteiger partial charge in [0.25, 0.3) is 0 Å². The number of hydrogen-bond acceptors (Lipinski definition) is 3. The molecular weight excluding hydrogens is 359 g/mol. The molecule has 0 saturated carbocycles. The van der Waals surface area contributed by atoms with Crippen molar-refractivity contribution in [3.63, 3.8) is 0 Å². The van der Waals surface area contributed by atoms with Gasteiger partial charge >= 0.3 is 6.61 Å². The van der Waals surface area contributed by atoms with Crippen LogP contribution in [-0.4, -0.2) is 19.7 Å². The third kappa shape index (κ3) is 5.34. The summed E-state index contributed by atoms with van der Waals surface area (Å²) in [6, 6.07) is 4.57. The Labute approximate surface area is 120 Å². The predicted octanol–water partition coefficient (Wildman–Crippen LogP) is 1.69. The Hall–Kier alpha value is -1.32. The Morgan fingerprint density at radius 3 is 2.50 bits per heavy atom. The number of halogens is 3. The Morgan fingerprint density at radius 1 is 1.33 bits per heavy atom. The lowest BCUT2D eigenvalue weighted by Gasteiger charge is -2.10. The smallest absolute Gasteiger partial charge is 0.387 e. The molecule has 1 aromatic carbocycles. The second-order valence-electron chi connectivity index (χ2n) is 3.10. The first-order valence-electron chi connectivity index (χ1n) is 4.70. The van der Waals surface area contributed by atoms with Crippen molar-refractivity contribution in [2.45, 2.75) is 13.2 Å².